The Kier molecular flexibility index (Phi) is 4.84. The number of aromatic amines is 1. The van der Waals surface area contributed by atoms with Gasteiger partial charge in [0.15, 0.2) is 0 Å². The first kappa shape index (κ1) is 14.0. The third-order valence-electron chi connectivity index (χ3n) is 1.99. The number of aromatic nitrogens is 1. The molecule has 100 valence electrons. The Morgan fingerprint density at radius 1 is 1.42 bits per heavy atom. The number of nitrogens with one attached hydrogen (secondary N) is 1. The van der Waals surface area contributed by atoms with Gasteiger partial charge in [0.1, 0.15) is 0 Å². The quantitative estimate of drug-likeness (QED) is 0.268. The average molecular weight is 264 g/mol. The molecule has 0 aliphatic rings. The van der Waals surface area contributed by atoms with Gasteiger partial charge in [-0.05, 0) is 6.07 Å². The number of hydrogen-bond acceptors (Lipinski definition) is 4. The van der Waals surface area contributed by atoms with E-state index < -0.39 is 5.09 Å². The summed E-state index contributed by atoms with van der Waals surface area (Å²) in [6.07, 6.45) is 3.47. The molecule has 1 heterocycles. The first-order chi connectivity index (χ1) is 9.00. The van der Waals surface area contributed by atoms with Crippen LogP contribution in [0.4, 0.5) is 0 Å². The fourth-order valence-corrected chi connectivity index (χ4v) is 1.36. The van der Waals surface area contributed by atoms with E-state index in [2.05, 4.69) is 15.2 Å². The molecular weight excluding hydrogens is 252 g/mol. The van der Waals surface area contributed by atoms with Gasteiger partial charge in [0.2, 0.25) is 5.96 Å². The van der Waals surface area contributed by atoms with Gasteiger partial charge in [-0.25, -0.2) is 0 Å². The molecule has 2 aromatic rings. The summed E-state index contributed by atoms with van der Waals surface area (Å²) in [5.41, 5.74) is 12.3. The first-order valence-corrected chi connectivity index (χ1v) is 5.02. The van der Waals surface area contributed by atoms with Crippen molar-refractivity contribution in [1.82, 2.24) is 4.98 Å². The lowest BCUT2D eigenvalue weighted by Crippen LogP contribution is -2.21. The van der Waals surface area contributed by atoms with Crippen LogP contribution in [0.3, 0.4) is 0 Å². The van der Waals surface area contributed by atoms with E-state index in [1.165, 1.54) is 0 Å². The van der Waals surface area contributed by atoms with Crippen LogP contribution in [-0.2, 0) is 0 Å². The van der Waals surface area contributed by atoms with Crippen LogP contribution < -0.4 is 11.5 Å². The summed E-state index contributed by atoms with van der Waals surface area (Å²) in [4.78, 5) is 11.5. The largest absolute Gasteiger partial charge is 0.369 e. The Morgan fingerprint density at radius 3 is 2.68 bits per heavy atom. The topological polar surface area (TPSA) is 156 Å². The van der Waals surface area contributed by atoms with Crippen LogP contribution in [0.1, 0.15) is 5.56 Å². The minimum atomic E-state index is -1.50. The zero-order valence-corrected chi connectivity index (χ0v) is 9.72. The summed E-state index contributed by atoms with van der Waals surface area (Å²) < 4.78 is 0. The summed E-state index contributed by atoms with van der Waals surface area (Å²) in [6, 6.07) is 7.93. The van der Waals surface area contributed by atoms with Crippen LogP contribution in [-0.4, -0.2) is 27.5 Å². The standard InChI is InChI=1S/C10H11N5.HNO3/c11-10(12)15-14-6-7-5-13-9-4-2-1-3-8(7)9;2-1(3)4/h1-6,13H,(H4,11,12,15);(H,2,3,4)/b14-6+;. The van der Waals surface area contributed by atoms with Crippen molar-refractivity contribution in [3.63, 3.8) is 0 Å². The van der Waals surface area contributed by atoms with Crippen LogP contribution >= 0.6 is 0 Å². The number of rotatable bonds is 2. The maximum atomic E-state index is 8.36. The molecule has 0 radical (unpaired) electrons. The number of benzene rings is 1. The van der Waals surface area contributed by atoms with Crippen molar-refractivity contribution in [3.05, 3.63) is 46.1 Å². The lowest BCUT2D eigenvalue weighted by molar-refractivity contribution is -0.742. The Labute approximate surface area is 107 Å². The Morgan fingerprint density at radius 2 is 2.05 bits per heavy atom. The number of hydrogen-bond donors (Lipinski definition) is 4. The predicted molar refractivity (Wildman–Crippen MR) is 70.5 cm³/mol. The fraction of sp³-hybridized carbons (Fsp3) is 0. The molecular formula is C10H12N6O3. The number of fused-ring (bicyclic) bond motifs is 1. The smallest absolute Gasteiger partial charge is 0.291 e. The highest BCUT2D eigenvalue weighted by molar-refractivity contribution is 5.99. The fourth-order valence-electron chi connectivity index (χ4n) is 1.36. The molecule has 1 aromatic heterocycles. The molecule has 0 spiro atoms. The van der Waals surface area contributed by atoms with Crippen LogP contribution in [0, 0.1) is 10.1 Å². The Balaban J connectivity index is 0.000000399. The van der Waals surface area contributed by atoms with Crippen molar-refractivity contribution in [2.75, 3.05) is 0 Å². The predicted octanol–water partition coefficient (Wildman–Crippen LogP) is 0.428. The molecule has 6 N–H and O–H groups in total. The van der Waals surface area contributed by atoms with Crippen LogP contribution in [0.2, 0.25) is 0 Å². The van der Waals surface area contributed by atoms with Gasteiger partial charge in [0.25, 0.3) is 5.09 Å². The lowest BCUT2D eigenvalue weighted by Gasteiger charge is -1.89. The van der Waals surface area contributed by atoms with Gasteiger partial charge in [-0.2, -0.15) is 5.10 Å². The maximum Gasteiger partial charge on any atom is 0.291 e. The van der Waals surface area contributed by atoms with Crippen molar-refractivity contribution >= 4 is 23.1 Å². The number of H-pyrrole nitrogens is 1. The van der Waals surface area contributed by atoms with Gasteiger partial charge in [0.05, 0.1) is 6.21 Å². The second-order valence-electron chi connectivity index (χ2n) is 3.30. The molecule has 0 aliphatic heterocycles. The molecule has 0 aliphatic carbocycles. The molecule has 0 fully saturated rings. The minimum absolute atomic E-state index is 0.0499. The third-order valence-corrected chi connectivity index (χ3v) is 1.99. The summed E-state index contributed by atoms with van der Waals surface area (Å²) >= 11 is 0. The molecule has 0 bridgehead atoms. The first-order valence-electron chi connectivity index (χ1n) is 5.02. The second kappa shape index (κ2) is 6.59. The molecule has 2 rings (SSSR count). The Hall–Kier alpha value is -3.10. The molecule has 1 aromatic carbocycles. The molecule has 0 atom stereocenters. The van der Waals surface area contributed by atoms with Crippen LogP contribution in [0.15, 0.2) is 40.7 Å². The van der Waals surface area contributed by atoms with E-state index >= 15 is 0 Å². The van der Waals surface area contributed by atoms with Gasteiger partial charge < -0.3 is 21.7 Å². The molecule has 19 heavy (non-hydrogen) atoms. The van der Waals surface area contributed by atoms with E-state index in [1.54, 1.807) is 6.21 Å². The summed E-state index contributed by atoms with van der Waals surface area (Å²) in [5.74, 6) is -0.0499. The zero-order valence-electron chi connectivity index (χ0n) is 9.72. The molecule has 0 amide bonds. The van der Waals surface area contributed by atoms with Crippen molar-refractivity contribution in [2.45, 2.75) is 0 Å². The van der Waals surface area contributed by atoms with Crippen molar-refractivity contribution < 1.29 is 10.3 Å². The summed E-state index contributed by atoms with van der Waals surface area (Å²) in [5, 5.41) is 22.0. The third kappa shape index (κ3) is 4.73. The number of nitrogens with two attached hydrogens (primary N) is 2. The van der Waals surface area contributed by atoms with Gasteiger partial charge in [-0.1, -0.05) is 18.2 Å². The van der Waals surface area contributed by atoms with Gasteiger partial charge >= 0.3 is 0 Å². The highest BCUT2D eigenvalue weighted by atomic mass is 16.9. The number of para-hydroxylation sites is 1. The van der Waals surface area contributed by atoms with Crippen LogP contribution in [0.25, 0.3) is 10.9 Å². The van der Waals surface area contributed by atoms with E-state index in [9.17, 15) is 0 Å². The van der Waals surface area contributed by atoms with Crippen LogP contribution in [0.5, 0.6) is 0 Å². The number of nitrogens with zero attached hydrogens (tertiary/aromatic N) is 3. The SMILES string of the molecule is NC(N)=N/N=C/c1c[nH]c2ccccc12.O=[N+]([O-])O. The highest BCUT2D eigenvalue weighted by Gasteiger charge is 1.98. The second-order valence-corrected chi connectivity index (χ2v) is 3.30. The van der Waals surface area contributed by atoms with E-state index in [0.29, 0.717) is 0 Å². The molecule has 0 unspecified atom stereocenters. The van der Waals surface area contributed by atoms with E-state index in [1.807, 2.05) is 30.5 Å². The normalized spacial score (nSPS) is 9.89. The van der Waals surface area contributed by atoms with E-state index in [0.717, 1.165) is 16.5 Å². The lowest BCUT2D eigenvalue weighted by atomic mass is 10.2. The summed E-state index contributed by atoms with van der Waals surface area (Å²) in [6.45, 7) is 0. The minimum Gasteiger partial charge on any atom is -0.369 e. The summed E-state index contributed by atoms with van der Waals surface area (Å²) in [7, 11) is 0. The highest BCUT2D eigenvalue weighted by Crippen LogP contribution is 2.15. The van der Waals surface area contributed by atoms with E-state index in [4.69, 9.17) is 26.8 Å². The van der Waals surface area contributed by atoms with Crippen molar-refractivity contribution in [3.8, 4) is 0 Å². The molecule has 9 nitrogen and oxygen atoms in total. The monoisotopic (exact) mass is 264 g/mol. The van der Waals surface area contributed by atoms with E-state index in [-0.39, 0.29) is 5.96 Å². The average Bonchev–Trinajstić information content (AvgIpc) is 2.72. The van der Waals surface area contributed by atoms with Gasteiger partial charge in [-0.15, -0.1) is 15.2 Å². The Bertz CT molecular complexity index is 611. The molecule has 0 saturated carbocycles. The molecule has 0 saturated heterocycles. The van der Waals surface area contributed by atoms with Gasteiger partial charge in [-0.3, -0.25) is 0 Å². The van der Waals surface area contributed by atoms with Crippen molar-refractivity contribution in [2.24, 2.45) is 21.7 Å². The number of guanidine groups is 1. The van der Waals surface area contributed by atoms with Crippen molar-refractivity contribution in [1.29, 1.82) is 0 Å². The van der Waals surface area contributed by atoms with Gasteiger partial charge in [0, 0.05) is 22.7 Å². The molecule has 9 heteroatoms. The maximum absolute atomic E-state index is 8.36. The zero-order chi connectivity index (χ0) is 14.3.